The number of nitrogens with zero attached hydrogens (tertiary/aromatic N) is 1. The Morgan fingerprint density at radius 2 is 2.12 bits per heavy atom. The Labute approximate surface area is 150 Å². The van der Waals surface area contributed by atoms with Crippen LogP contribution in [-0.4, -0.2) is 43.7 Å². The second-order valence-corrected chi connectivity index (χ2v) is 5.95. The molecule has 0 radical (unpaired) electrons. The van der Waals surface area contributed by atoms with Gasteiger partial charge in [-0.05, 0) is 43.9 Å². The van der Waals surface area contributed by atoms with Crippen molar-refractivity contribution in [3.05, 3.63) is 23.8 Å². The van der Waals surface area contributed by atoms with Crippen LogP contribution in [0, 0.1) is 0 Å². The normalized spacial score (nSPS) is 17.1. The Morgan fingerprint density at radius 3 is 2.79 bits per heavy atom. The van der Waals surface area contributed by atoms with Gasteiger partial charge in [0.15, 0.2) is 11.5 Å². The first-order chi connectivity index (χ1) is 11.2. The molecule has 6 heteroatoms. The number of hydrogen-bond acceptors (Lipinski definition) is 4. The number of unbranched alkanes of at least 4 members (excludes halogenated alkanes) is 1. The summed E-state index contributed by atoms with van der Waals surface area (Å²) < 4.78 is 11.1. The molecule has 0 aliphatic carbocycles. The number of ether oxygens (including phenoxy) is 2. The topological polar surface area (TPSA) is 64.8 Å². The third kappa shape index (κ3) is 5.02. The van der Waals surface area contributed by atoms with E-state index in [0.717, 1.165) is 38.6 Å². The average molecular weight is 357 g/mol. The lowest BCUT2D eigenvalue weighted by Crippen LogP contribution is -2.47. The van der Waals surface area contributed by atoms with Crippen molar-refractivity contribution >= 4 is 18.3 Å². The minimum atomic E-state index is 0. The summed E-state index contributed by atoms with van der Waals surface area (Å²) in [6.45, 7) is 4.06. The van der Waals surface area contributed by atoms with Gasteiger partial charge in [-0.15, -0.1) is 12.4 Å². The fourth-order valence-electron chi connectivity index (χ4n) is 2.93. The van der Waals surface area contributed by atoms with Crippen LogP contribution < -0.4 is 15.2 Å². The molecule has 0 spiro atoms. The molecule has 0 aromatic heterocycles. The van der Waals surface area contributed by atoms with E-state index in [1.54, 1.807) is 13.2 Å². The van der Waals surface area contributed by atoms with Gasteiger partial charge in [0.05, 0.1) is 13.7 Å². The SMILES string of the molecule is CCCCOc1ccc(C(=O)N2CCCCC2CN)cc1OC.Cl. The standard InChI is InChI=1S/C18H28N2O3.ClH/c1-3-4-11-23-16-9-8-14(12-17(16)22-2)18(21)20-10-6-5-7-15(20)13-19;/h8-9,12,15H,3-7,10-11,13,19H2,1-2H3;1H. The number of benzene rings is 1. The van der Waals surface area contributed by atoms with E-state index >= 15 is 0 Å². The highest BCUT2D eigenvalue weighted by Crippen LogP contribution is 2.29. The number of nitrogens with two attached hydrogens (primary N) is 1. The number of likely N-dealkylation sites (tertiary alicyclic amines) is 1. The maximum absolute atomic E-state index is 12.8. The Bertz CT molecular complexity index is 525. The lowest BCUT2D eigenvalue weighted by molar-refractivity contribution is 0.0623. The monoisotopic (exact) mass is 356 g/mol. The Kier molecular flexibility index (Phi) is 8.93. The number of halogens is 1. The van der Waals surface area contributed by atoms with Gasteiger partial charge < -0.3 is 20.1 Å². The number of amides is 1. The highest BCUT2D eigenvalue weighted by Gasteiger charge is 2.27. The van der Waals surface area contributed by atoms with Crippen LogP contribution in [0.15, 0.2) is 18.2 Å². The predicted molar refractivity (Wildman–Crippen MR) is 98.4 cm³/mol. The van der Waals surface area contributed by atoms with E-state index in [2.05, 4.69) is 6.92 Å². The maximum Gasteiger partial charge on any atom is 0.254 e. The first kappa shape index (κ1) is 20.6. The van der Waals surface area contributed by atoms with E-state index in [-0.39, 0.29) is 24.4 Å². The Morgan fingerprint density at radius 1 is 1.33 bits per heavy atom. The van der Waals surface area contributed by atoms with Crippen molar-refractivity contribution in [1.29, 1.82) is 0 Å². The van der Waals surface area contributed by atoms with Crippen LogP contribution in [-0.2, 0) is 0 Å². The van der Waals surface area contributed by atoms with Crippen molar-refractivity contribution < 1.29 is 14.3 Å². The molecular weight excluding hydrogens is 328 g/mol. The number of hydrogen-bond donors (Lipinski definition) is 1. The summed E-state index contributed by atoms with van der Waals surface area (Å²) in [4.78, 5) is 14.7. The summed E-state index contributed by atoms with van der Waals surface area (Å²) in [5.41, 5.74) is 6.45. The molecular formula is C18H29ClN2O3. The molecule has 1 fully saturated rings. The molecule has 1 aromatic rings. The largest absolute Gasteiger partial charge is 0.493 e. The smallest absolute Gasteiger partial charge is 0.254 e. The highest BCUT2D eigenvalue weighted by molar-refractivity contribution is 5.95. The molecule has 1 aliphatic rings. The summed E-state index contributed by atoms with van der Waals surface area (Å²) in [5, 5.41) is 0. The maximum atomic E-state index is 12.8. The molecule has 2 N–H and O–H groups in total. The van der Waals surface area contributed by atoms with Crippen LogP contribution in [0.1, 0.15) is 49.4 Å². The molecule has 136 valence electrons. The van der Waals surface area contributed by atoms with E-state index in [0.29, 0.717) is 30.2 Å². The third-order valence-electron chi connectivity index (χ3n) is 4.33. The van der Waals surface area contributed by atoms with E-state index in [4.69, 9.17) is 15.2 Å². The lowest BCUT2D eigenvalue weighted by atomic mass is 10.0. The van der Waals surface area contributed by atoms with Gasteiger partial charge in [-0.2, -0.15) is 0 Å². The molecule has 1 unspecified atom stereocenters. The van der Waals surface area contributed by atoms with Crippen molar-refractivity contribution in [2.75, 3.05) is 26.8 Å². The van der Waals surface area contributed by atoms with E-state index < -0.39 is 0 Å². The zero-order valence-electron chi connectivity index (χ0n) is 14.6. The molecule has 24 heavy (non-hydrogen) atoms. The minimum Gasteiger partial charge on any atom is -0.493 e. The predicted octanol–water partition coefficient (Wildman–Crippen LogP) is 3.25. The number of carbonyl (C=O) groups is 1. The number of carbonyl (C=O) groups excluding carboxylic acids is 1. The molecule has 1 saturated heterocycles. The summed E-state index contributed by atoms with van der Waals surface area (Å²) in [7, 11) is 1.60. The zero-order chi connectivity index (χ0) is 16.7. The summed E-state index contributed by atoms with van der Waals surface area (Å²) in [6, 6.07) is 5.55. The number of rotatable bonds is 7. The molecule has 0 bridgehead atoms. The molecule has 5 nitrogen and oxygen atoms in total. The van der Waals surface area contributed by atoms with Crippen molar-refractivity contribution in [1.82, 2.24) is 4.90 Å². The third-order valence-corrected chi connectivity index (χ3v) is 4.33. The molecule has 1 heterocycles. The lowest BCUT2D eigenvalue weighted by Gasteiger charge is -2.35. The first-order valence-electron chi connectivity index (χ1n) is 8.53. The van der Waals surface area contributed by atoms with E-state index in [9.17, 15) is 4.79 Å². The molecule has 1 amide bonds. The Balaban J connectivity index is 0.00000288. The van der Waals surface area contributed by atoms with Gasteiger partial charge in [-0.25, -0.2) is 0 Å². The number of methoxy groups -OCH3 is 1. The molecule has 2 rings (SSSR count). The number of piperidine rings is 1. The summed E-state index contributed by atoms with van der Waals surface area (Å²) in [6.07, 6.45) is 5.23. The van der Waals surface area contributed by atoms with Crippen LogP contribution in [0.2, 0.25) is 0 Å². The van der Waals surface area contributed by atoms with Gasteiger partial charge in [-0.1, -0.05) is 13.3 Å². The van der Waals surface area contributed by atoms with Gasteiger partial charge in [-0.3, -0.25) is 4.79 Å². The quantitative estimate of drug-likeness (QED) is 0.761. The van der Waals surface area contributed by atoms with Gasteiger partial charge >= 0.3 is 0 Å². The fraction of sp³-hybridized carbons (Fsp3) is 0.611. The van der Waals surface area contributed by atoms with Gasteiger partial charge in [0.25, 0.3) is 5.91 Å². The second kappa shape index (κ2) is 10.4. The highest BCUT2D eigenvalue weighted by atomic mass is 35.5. The van der Waals surface area contributed by atoms with Crippen LogP contribution in [0.3, 0.4) is 0 Å². The van der Waals surface area contributed by atoms with E-state index in [1.807, 2.05) is 17.0 Å². The second-order valence-electron chi connectivity index (χ2n) is 5.95. The molecule has 1 aliphatic heterocycles. The average Bonchev–Trinajstić information content (AvgIpc) is 2.61. The Hall–Kier alpha value is -1.46. The van der Waals surface area contributed by atoms with Gasteiger partial charge in [0.2, 0.25) is 0 Å². The zero-order valence-corrected chi connectivity index (χ0v) is 15.4. The summed E-state index contributed by atoms with van der Waals surface area (Å²) in [5.74, 6) is 1.32. The van der Waals surface area contributed by atoms with Gasteiger partial charge in [0, 0.05) is 24.7 Å². The van der Waals surface area contributed by atoms with E-state index in [1.165, 1.54) is 0 Å². The van der Waals surface area contributed by atoms with Crippen LogP contribution in [0.5, 0.6) is 11.5 Å². The first-order valence-corrected chi connectivity index (χ1v) is 8.53. The van der Waals surface area contributed by atoms with Crippen molar-refractivity contribution in [3.63, 3.8) is 0 Å². The van der Waals surface area contributed by atoms with Crippen LogP contribution in [0.25, 0.3) is 0 Å². The molecule has 1 aromatic carbocycles. The minimum absolute atomic E-state index is 0. The fourth-order valence-corrected chi connectivity index (χ4v) is 2.93. The summed E-state index contributed by atoms with van der Waals surface area (Å²) >= 11 is 0. The van der Waals surface area contributed by atoms with Crippen molar-refractivity contribution in [3.8, 4) is 11.5 Å². The van der Waals surface area contributed by atoms with Gasteiger partial charge in [0.1, 0.15) is 0 Å². The molecule has 0 saturated carbocycles. The van der Waals surface area contributed by atoms with Crippen molar-refractivity contribution in [2.45, 2.75) is 45.1 Å². The van der Waals surface area contributed by atoms with Crippen molar-refractivity contribution in [2.24, 2.45) is 5.73 Å². The molecule has 1 atom stereocenters. The van der Waals surface area contributed by atoms with Crippen LogP contribution in [0.4, 0.5) is 0 Å². The van der Waals surface area contributed by atoms with Crippen LogP contribution >= 0.6 is 12.4 Å².